The van der Waals surface area contributed by atoms with Crippen molar-refractivity contribution in [2.75, 3.05) is 6.54 Å². The minimum Gasteiger partial charge on any atom is -0.312 e. The molecule has 104 valence electrons. The van der Waals surface area contributed by atoms with Gasteiger partial charge in [-0.3, -0.25) is 0 Å². The minimum atomic E-state index is -0.774. The van der Waals surface area contributed by atoms with Crippen molar-refractivity contribution in [3.63, 3.8) is 0 Å². The van der Waals surface area contributed by atoms with E-state index in [1.807, 2.05) is 6.92 Å². The Hall–Kier alpha value is -1.00. The highest BCUT2D eigenvalue weighted by atomic mass is 32.1. The van der Waals surface area contributed by atoms with Crippen LogP contribution in [0.25, 0.3) is 10.1 Å². The Kier molecular flexibility index (Phi) is 3.92. The van der Waals surface area contributed by atoms with Gasteiger partial charge in [0.25, 0.3) is 0 Å². The van der Waals surface area contributed by atoms with Crippen LogP contribution in [-0.2, 0) is 12.0 Å². The number of hydrogen-bond acceptors (Lipinski definition) is 2. The van der Waals surface area contributed by atoms with Crippen molar-refractivity contribution in [1.29, 1.82) is 0 Å². The first-order valence-electron chi connectivity index (χ1n) is 6.46. The molecule has 4 heteroatoms. The average Bonchev–Trinajstić information content (AvgIpc) is 2.64. The Morgan fingerprint density at radius 3 is 2.37 bits per heavy atom. The number of hydrogen-bond donors (Lipinski definition) is 1. The summed E-state index contributed by atoms with van der Waals surface area (Å²) in [4.78, 5) is 1.16. The summed E-state index contributed by atoms with van der Waals surface area (Å²) in [6.45, 7) is 9.97. The predicted molar refractivity (Wildman–Crippen MR) is 77.8 cm³/mol. The van der Waals surface area contributed by atoms with Crippen molar-refractivity contribution < 1.29 is 8.78 Å². The lowest BCUT2D eigenvalue weighted by Gasteiger charge is -2.20. The molecule has 0 aliphatic carbocycles. The maximum absolute atomic E-state index is 13.5. The fraction of sp³-hybridized carbons (Fsp3) is 0.467. The van der Waals surface area contributed by atoms with Gasteiger partial charge in [-0.1, -0.05) is 27.7 Å². The molecule has 0 bridgehead atoms. The summed E-state index contributed by atoms with van der Waals surface area (Å²) in [5, 5.41) is 4.13. The summed E-state index contributed by atoms with van der Waals surface area (Å²) in [6.07, 6.45) is 0. The van der Waals surface area contributed by atoms with Gasteiger partial charge in [0.05, 0.1) is 0 Å². The van der Waals surface area contributed by atoms with E-state index in [2.05, 4.69) is 26.1 Å². The molecule has 0 fully saturated rings. The van der Waals surface area contributed by atoms with Crippen LogP contribution in [0.15, 0.2) is 12.1 Å². The number of nitrogens with one attached hydrogen (secondary N) is 1. The summed E-state index contributed by atoms with van der Waals surface area (Å²) < 4.78 is 27.7. The van der Waals surface area contributed by atoms with Crippen molar-refractivity contribution in [2.24, 2.45) is 0 Å². The van der Waals surface area contributed by atoms with Crippen molar-refractivity contribution in [3.05, 3.63) is 34.2 Å². The van der Waals surface area contributed by atoms with E-state index in [0.29, 0.717) is 0 Å². The molecule has 0 aliphatic rings. The molecule has 0 saturated carbocycles. The Morgan fingerprint density at radius 2 is 1.79 bits per heavy atom. The Morgan fingerprint density at radius 1 is 1.16 bits per heavy atom. The van der Waals surface area contributed by atoms with Crippen molar-refractivity contribution >= 4 is 21.4 Å². The molecule has 1 aromatic carbocycles. The number of thiophene rings is 1. The topological polar surface area (TPSA) is 12.0 Å². The van der Waals surface area contributed by atoms with Crippen LogP contribution < -0.4 is 5.32 Å². The molecule has 2 rings (SSSR count). The second-order valence-corrected chi connectivity index (χ2v) is 6.83. The number of rotatable bonds is 3. The Labute approximate surface area is 116 Å². The van der Waals surface area contributed by atoms with E-state index < -0.39 is 11.6 Å². The average molecular weight is 283 g/mol. The van der Waals surface area contributed by atoms with Crippen LogP contribution in [0.1, 0.15) is 38.1 Å². The number of halogens is 2. The van der Waals surface area contributed by atoms with Crippen LogP contribution in [0.4, 0.5) is 8.78 Å². The van der Waals surface area contributed by atoms with E-state index in [4.69, 9.17) is 0 Å². The largest absolute Gasteiger partial charge is 0.312 e. The molecule has 1 aromatic heterocycles. The van der Waals surface area contributed by atoms with E-state index in [0.717, 1.165) is 33.6 Å². The molecule has 0 atom stereocenters. The molecular formula is C15H19F2NS. The van der Waals surface area contributed by atoms with Gasteiger partial charge < -0.3 is 5.32 Å². The Balaban J connectivity index is 2.67. The molecule has 0 saturated heterocycles. The highest BCUT2D eigenvalue weighted by Crippen LogP contribution is 2.39. The van der Waals surface area contributed by atoms with Crippen molar-refractivity contribution in [2.45, 2.75) is 39.7 Å². The van der Waals surface area contributed by atoms with E-state index in [1.165, 1.54) is 12.1 Å². The van der Waals surface area contributed by atoms with Gasteiger partial charge >= 0.3 is 0 Å². The fourth-order valence-electron chi connectivity index (χ4n) is 2.33. The first-order valence-corrected chi connectivity index (χ1v) is 7.28. The number of fused-ring (bicyclic) bond motifs is 1. The molecule has 1 N–H and O–H groups in total. The van der Waals surface area contributed by atoms with Gasteiger partial charge in [-0.15, -0.1) is 11.3 Å². The zero-order chi connectivity index (χ0) is 14.2. The second kappa shape index (κ2) is 5.17. The molecule has 1 nitrogen and oxygen atoms in total. The molecule has 1 heterocycles. The first kappa shape index (κ1) is 14.4. The van der Waals surface area contributed by atoms with Crippen molar-refractivity contribution in [3.8, 4) is 0 Å². The maximum atomic E-state index is 13.5. The lowest BCUT2D eigenvalue weighted by atomic mass is 9.85. The van der Waals surface area contributed by atoms with Gasteiger partial charge in [0.15, 0.2) is 11.6 Å². The first-order chi connectivity index (χ1) is 8.84. The van der Waals surface area contributed by atoms with Gasteiger partial charge in [0.1, 0.15) is 0 Å². The number of benzene rings is 1. The molecule has 0 radical (unpaired) electrons. The van der Waals surface area contributed by atoms with Crippen LogP contribution in [0.5, 0.6) is 0 Å². The smallest absolute Gasteiger partial charge is 0.160 e. The third kappa shape index (κ3) is 2.79. The monoisotopic (exact) mass is 283 g/mol. The summed E-state index contributed by atoms with van der Waals surface area (Å²) >= 11 is 1.54. The minimum absolute atomic E-state index is 0.0900. The molecule has 0 spiro atoms. The van der Waals surface area contributed by atoms with Crippen LogP contribution in [0.3, 0.4) is 0 Å². The normalized spacial score (nSPS) is 12.3. The summed E-state index contributed by atoms with van der Waals surface area (Å²) in [7, 11) is 0. The quantitative estimate of drug-likeness (QED) is 0.869. The lowest BCUT2D eigenvalue weighted by molar-refractivity contribution is 0.510. The zero-order valence-electron chi connectivity index (χ0n) is 11.7. The molecule has 0 amide bonds. The molecular weight excluding hydrogens is 264 g/mol. The van der Waals surface area contributed by atoms with Gasteiger partial charge in [0, 0.05) is 16.1 Å². The summed E-state index contributed by atoms with van der Waals surface area (Å²) in [5.41, 5.74) is 1.03. The fourth-order valence-corrected chi connectivity index (χ4v) is 3.72. The predicted octanol–water partition coefficient (Wildman–Crippen LogP) is 4.59. The SMILES string of the molecule is CCNCc1sc2cc(F)c(F)cc2c1C(C)(C)C. The standard InChI is InChI=1S/C15H19F2NS/c1-5-18-8-13-14(15(2,3)4)9-6-10(16)11(17)7-12(9)19-13/h6-7,18H,5,8H2,1-4H3. The highest BCUT2D eigenvalue weighted by molar-refractivity contribution is 7.19. The van der Waals surface area contributed by atoms with E-state index in [1.54, 1.807) is 11.3 Å². The molecule has 0 aliphatic heterocycles. The Bertz CT molecular complexity index is 596. The summed E-state index contributed by atoms with van der Waals surface area (Å²) in [5.74, 6) is -1.55. The maximum Gasteiger partial charge on any atom is 0.160 e. The summed E-state index contributed by atoms with van der Waals surface area (Å²) in [6, 6.07) is 2.64. The van der Waals surface area contributed by atoms with E-state index >= 15 is 0 Å². The van der Waals surface area contributed by atoms with Crippen LogP contribution in [0.2, 0.25) is 0 Å². The highest BCUT2D eigenvalue weighted by Gasteiger charge is 2.24. The molecule has 2 aromatic rings. The van der Waals surface area contributed by atoms with Gasteiger partial charge in [-0.05, 0) is 35.0 Å². The van der Waals surface area contributed by atoms with Gasteiger partial charge in [0.2, 0.25) is 0 Å². The molecule has 0 unspecified atom stereocenters. The van der Waals surface area contributed by atoms with E-state index in [9.17, 15) is 8.78 Å². The van der Waals surface area contributed by atoms with Crippen LogP contribution >= 0.6 is 11.3 Å². The molecule has 19 heavy (non-hydrogen) atoms. The van der Waals surface area contributed by atoms with Crippen LogP contribution in [-0.4, -0.2) is 6.54 Å². The van der Waals surface area contributed by atoms with Crippen LogP contribution in [0, 0.1) is 11.6 Å². The van der Waals surface area contributed by atoms with Gasteiger partial charge in [-0.25, -0.2) is 8.78 Å². The zero-order valence-corrected chi connectivity index (χ0v) is 12.5. The van der Waals surface area contributed by atoms with Crippen molar-refractivity contribution in [1.82, 2.24) is 5.32 Å². The van der Waals surface area contributed by atoms with E-state index in [-0.39, 0.29) is 5.41 Å². The van der Waals surface area contributed by atoms with Gasteiger partial charge in [-0.2, -0.15) is 0 Å². The third-order valence-corrected chi connectivity index (χ3v) is 4.24. The second-order valence-electron chi connectivity index (χ2n) is 5.69. The third-order valence-electron chi connectivity index (χ3n) is 3.09. The lowest BCUT2D eigenvalue weighted by Crippen LogP contribution is -2.17.